The standard InChI is InChI=1S/C14H14Cl2N2O2S/c1-7-6-21-14(18(7)3)17-10-5-4-9(8(2)13(19)20)11(15)12(10)16/h4-6,8H,1-3H3,(H,19,20)/b17-14-. The molecule has 112 valence electrons. The number of carboxylic acids is 1. The van der Waals surface area contributed by atoms with E-state index in [1.165, 1.54) is 11.3 Å². The zero-order valence-electron chi connectivity index (χ0n) is 11.7. The number of benzene rings is 1. The molecule has 0 aliphatic heterocycles. The van der Waals surface area contributed by atoms with Crippen molar-refractivity contribution in [2.24, 2.45) is 12.0 Å². The summed E-state index contributed by atoms with van der Waals surface area (Å²) in [6, 6.07) is 3.35. The molecule has 1 aromatic heterocycles. The minimum absolute atomic E-state index is 0.240. The van der Waals surface area contributed by atoms with Crippen molar-refractivity contribution in [2.75, 3.05) is 0 Å². The van der Waals surface area contributed by atoms with E-state index in [4.69, 9.17) is 28.3 Å². The van der Waals surface area contributed by atoms with Crippen LogP contribution in [0.5, 0.6) is 0 Å². The summed E-state index contributed by atoms with van der Waals surface area (Å²) in [5, 5.41) is 11.6. The minimum Gasteiger partial charge on any atom is -0.481 e. The van der Waals surface area contributed by atoms with Crippen molar-refractivity contribution in [2.45, 2.75) is 19.8 Å². The molecule has 21 heavy (non-hydrogen) atoms. The highest BCUT2D eigenvalue weighted by Gasteiger charge is 2.20. The highest BCUT2D eigenvalue weighted by Crippen LogP contribution is 2.37. The van der Waals surface area contributed by atoms with E-state index in [-0.39, 0.29) is 10.0 Å². The maximum Gasteiger partial charge on any atom is 0.310 e. The van der Waals surface area contributed by atoms with E-state index in [9.17, 15) is 4.79 Å². The van der Waals surface area contributed by atoms with Crippen molar-refractivity contribution < 1.29 is 9.90 Å². The molecule has 0 bridgehead atoms. The molecule has 1 heterocycles. The lowest BCUT2D eigenvalue weighted by Crippen LogP contribution is -2.11. The van der Waals surface area contributed by atoms with E-state index < -0.39 is 11.9 Å². The van der Waals surface area contributed by atoms with Crippen LogP contribution in [0.15, 0.2) is 22.5 Å². The number of thiazole rings is 1. The molecule has 0 aliphatic carbocycles. The fourth-order valence-corrected chi connectivity index (χ4v) is 3.18. The summed E-state index contributed by atoms with van der Waals surface area (Å²) < 4.78 is 1.95. The number of halogens is 2. The minimum atomic E-state index is -0.946. The van der Waals surface area contributed by atoms with Crippen LogP contribution in [-0.4, -0.2) is 15.6 Å². The molecule has 0 spiro atoms. The molecule has 0 amide bonds. The Morgan fingerprint density at radius 1 is 1.38 bits per heavy atom. The molecule has 4 nitrogen and oxygen atoms in total. The first-order valence-corrected chi connectivity index (χ1v) is 7.83. The third kappa shape index (κ3) is 3.15. The quantitative estimate of drug-likeness (QED) is 0.910. The van der Waals surface area contributed by atoms with E-state index in [0.717, 1.165) is 10.5 Å². The molecule has 2 rings (SSSR count). The van der Waals surface area contributed by atoms with Crippen molar-refractivity contribution in [3.63, 3.8) is 0 Å². The molecule has 0 radical (unpaired) electrons. The van der Waals surface area contributed by atoms with Crippen LogP contribution in [0.3, 0.4) is 0 Å². The summed E-state index contributed by atoms with van der Waals surface area (Å²) in [5.41, 5.74) is 2.11. The lowest BCUT2D eigenvalue weighted by Gasteiger charge is -2.11. The molecule has 0 saturated carbocycles. The Kier molecular flexibility index (Phi) is 4.76. The number of carbonyl (C=O) groups is 1. The van der Waals surface area contributed by atoms with Crippen LogP contribution in [0, 0.1) is 6.92 Å². The van der Waals surface area contributed by atoms with Gasteiger partial charge in [0.25, 0.3) is 0 Å². The van der Waals surface area contributed by atoms with E-state index in [2.05, 4.69) is 4.99 Å². The SMILES string of the molecule is Cc1cs/c(=N\c2ccc(C(C)C(=O)O)c(Cl)c2Cl)n1C. The number of hydrogen-bond donors (Lipinski definition) is 1. The zero-order valence-corrected chi connectivity index (χ0v) is 14.1. The number of carboxylic acid groups (broad SMARTS) is 1. The number of hydrogen-bond acceptors (Lipinski definition) is 3. The molecule has 0 fully saturated rings. The van der Waals surface area contributed by atoms with Gasteiger partial charge < -0.3 is 9.67 Å². The maximum atomic E-state index is 11.1. The highest BCUT2D eigenvalue weighted by atomic mass is 35.5. The second-order valence-electron chi connectivity index (χ2n) is 4.69. The van der Waals surface area contributed by atoms with Gasteiger partial charge in [-0.15, -0.1) is 11.3 Å². The number of aryl methyl sites for hydroxylation is 1. The molecule has 0 saturated heterocycles. The van der Waals surface area contributed by atoms with Crippen LogP contribution in [0.25, 0.3) is 0 Å². The molecule has 1 atom stereocenters. The summed E-state index contributed by atoms with van der Waals surface area (Å²) in [4.78, 5) is 16.3. The summed E-state index contributed by atoms with van der Waals surface area (Å²) in [6.45, 7) is 3.56. The topological polar surface area (TPSA) is 54.6 Å². The van der Waals surface area contributed by atoms with Crippen LogP contribution < -0.4 is 4.80 Å². The third-order valence-electron chi connectivity index (χ3n) is 3.30. The monoisotopic (exact) mass is 344 g/mol. The molecule has 7 heteroatoms. The largest absolute Gasteiger partial charge is 0.481 e. The Hall–Kier alpha value is -1.30. The van der Waals surface area contributed by atoms with Crippen LogP contribution in [0.4, 0.5) is 5.69 Å². The smallest absolute Gasteiger partial charge is 0.310 e. The van der Waals surface area contributed by atoms with Crippen molar-refractivity contribution in [3.05, 3.63) is 43.6 Å². The Labute approximate surface area is 136 Å². The molecular formula is C14H14Cl2N2O2S. The first kappa shape index (κ1) is 16.1. The molecule has 1 N–H and O–H groups in total. The Bertz CT molecular complexity index is 765. The van der Waals surface area contributed by atoms with Gasteiger partial charge in [0.15, 0.2) is 4.80 Å². The zero-order chi connectivity index (χ0) is 15.7. The number of aliphatic carboxylic acids is 1. The molecule has 1 aromatic carbocycles. The average Bonchev–Trinajstić information content (AvgIpc) is 2.75. The molecular weight excluding hydrogens is 331 g/mol. The normalized spacial score (nSPS) is 13.5. The first-order valence-electron chi connectivity index (χ1n) is 6.19. The maximum absolute atomic E-state index is 11.1. The van der Waals surface area contributed by atoms with Gasteiger partial charge in [-0.25, -0.2) is 4.99 Å². The van der Waals surface area contributed by atoms with Gasteiger partial charge >= 0.3 is 5.97 Å². The number of aromatic nitrogens is 1. The average molecular weight is 345 g/mol. The van der Waals surface area contributed by atoms with Gasteiger partial charge in [-0.05, 0) is 25.5 Å². The van der Waals surface area contributed by atoms with Crippen molar-refractivity contribution >= 4 is 46.2 Å². The number of rotatable bonds is 3. The first-order chi connectivity index (χ1) is 9.82. The van der Waals surface area contributed by atoms with Gasteiger partial charge in [0, 0.05) is 18.1 Å². The van der Waals surface area contributed by atoms with Gasteiger partial charge in [-0.3, -0.25) is 4.79 Å². The summed E-state index contributed by atoms with van der Waals surface area (Å²) in [7, 11) is 1.92. The fourth-order valence-electron chi connectivity index (χ4n) is 1.76. The van der Waals surface area contributed by atoms with Gasteiger partial charge in [-0.1, -0.05) is 29.3 Å². The van der Waals surface area contributed by atoms with Crippen molar-refractivity contribution in [1.82, 2.24) is 4.57 Å². The number of nitrogens with zero attached hydrogens (tertiary/aromatic N) is 2. The van der Waals surface area contributed by atoms with Gasteiger partial charge in [-0.2, -0.15) is 0 Å². The second-order valence-corrected chi connectivity index (χ2v) is 6.28. The van der Waals surface area contributed by atoms with Crippen molar-refractivity contribution in [3.8, 4) is 0 Å². The van der Waals surface area contributed by atoms with Crippen LogP contribution in [0.2, 0.25) is 10.0 Å². The van der Waals surface area contributed by atoms with E-state index >= 15 is 0 Å². The fraction of sp³-hybridized carbons (Fsp3) is 0.286. The molecule has 1 unspecified atom stereocenters. The Morgan fingerprint density at radius 2 is 2.05 bits per heavy atom. The van der Waals surface area contributed by atoms with Gasteiger partial charge in [0.1, 0.15) is 0 Å². The summed E-state index contributed by atoms with van der Waals surface area (Å²) in [5.74, 6) is -1.66. The van der Waals surface area contributed by atoms with Crippen LogP contribution >= 0.6 is 34.5 Å². The summed E-state index contributed by atoms with van der Waals surface area (Å²) >= 11 is 13.9. The van der Waals surface area contributed by atoms with E-state index in [0.29, 0.717) is 11.3 Å². The van der Waals surface area contributed by atoms with Crippen molar-refractivity contribution in [1.29, 1.82) is 0 Å². The van der Waals surface area contributed by atoms with Gasteiger partial charge in [0.2, 0.25) is 0 Å². The van der Waals surface area contributed by atoms with Crippen LogP contribution in [-0.2, 0) is 11.8 Å². The van der Waals surface area contributed by atoms with E-state index in [1.807, 2.05) is 23.9 Å². The summed E-state index contributed by atoms with van der Waals surface area (Å²) in [6.07, 6.45) is 0. The predicted molar refractivity (Wildman–Crippen MR) is 85.8 cm³/mol. The van der Waals surface area contributed by atoms with Crippen LogP contribution in [0.1, 0.15) is 24.1 Å². The highest BCUT2D eigenvalue weighted by molar-refractivity contribution is 7.07. The Morgan fingerprint density at radius 3 is 2.57 bits per heavy atom. The molecule has 0 aliphatic rings. The third-order valence-corrected chi connectivity index (χ3v) is 5.22. The predicted octanol–water partition coefficient (Wildman–Crippen LogP) is 4.12. The second kappa shape index (κ2) is 6.22. The lowest BCUT2D eigenvalue weighted by atomic mass is 10.0. The lowest BCUT2D eigenvalue weighted by molar-refractivity contribution is -0.138. The van der Waals surface area contributed by atoms with E-state index in [1.54, 1.807) is 19.1 Å². The molecule has 2 aromatic rings. The van der Waals surface area contributed by atoms with Gasteiger partial charge in [0.05, 0.1) is 21.7 Å². The Balaban J connectivity index is 2.54.